The molecule has 34 heavy (non-hydrogen) atoms. The molecule has 1 N–H and O–H groups in total. The molecule has 2 rings (SSSR count). The van der Waals surface area contributed by atoms with E-state index in [9.17, 15) is 14.9 Å². The lowest BCUT2D eigenvalue weighted by Crippen LogP contribution is -2.27. The Kier molecular flexibility index (Phi) is 10.2. The molecule has 178 valence electrons. The number of benzene rings is 2. The van der Waals surface area contributed by atoms with Crippen molar-refractivity contribution in [2.45, 2.75) is 0 Å². The molecular formula is C25H26N2O7. The van der Waals surface area contributed by atoms with Crippen LogP contribution in [-0.2, 0) is 14.3 Å². The highest BCUT2D eigenvalue weighted by molar-refractivity contribution is 6.01. The fourth-order valence-electron chi connectivity index (χ4n) is 2.80. The van der Waals surface area contributed by atoms with Crippen molar-refractivity contribution in [2.75, 3.05) is 41.6 Å². The van der Waals surface area contributed by atoms with E-state index in [-0.39, 0.29) is 23.6 Å². The van der Waals surface area contributed by atoms with Crippen molar-refractivity contribution < 1.29 is 33.3 Å². The SMILES string of the molecule is COCCNC(=O)/C(C#N)=C/c1ccc(OC(=O)/C=C/c2ccc(OC)c(OC)c2)c(OC)c1. The van der Waals surface area contributed by atoms with E-state index in [1.807, 2.05) is 6.07 Å². The number of ether oxygens (including phenoxy) is 5. The van der Waals surface area contributed by atoms with Gasteiger partial charge >= 0.3 is 5.97 Å². The monoisotopic (exact) mass is 466 g/mol. The van der Waals surface area contributed by atoms with Gasteiger partial charge in [-0.05, 0) is 47.5 Å². The summed E-state index contributed by atoms with van der Waals surface area (Å²) in [6.45, 7) is 0.613. The quantitative estimate of drug-likeness (QED) is 0.177. The van der Waals surface area contributed by atoms with Crippen molar-refractivity contribution in [3.05, 3.63) is 59.2 Å². The normalized spacial score (nSPS) is 11.0. The van der Waals surface area contributed by atoms with Gasteiger partial charge in [0.1, 0.15) is 11.6 Å². The van der Waals surface area contributed by atoms with Crippen LogP contribution in [0.25, 0.3) is 12.2 Å². The summed E-state index contributed by atoms with van der Waals surface area (Å²) in [5.41, 5.74) is 1.16. The first-order valence-corrected chi connectivity index (χ1v) is 10.1. The minimum Gasteiger partial charge on any atom is -0.493 e. The number of esters is 1. The maximum Gasteiger partial charge on any atom is 0.336 e. The molecule has 0 saturated carbocycles. The van der Waals surface area contributed by atoms with Crippen LogP contribution >= 0.6 is 0 Å². The first-order chi connectivity index (χ1) is 16.4. The molecule has 0 radical (unpaired) electrons. The van der Waals surface area contributed by atoms with Gasteiger partial charge in [0.2, 0.25) is 0 Å². The molecule has 2 aromatic carbocycles. The molecule has 0 saturated heterocycles. The molecule has 0 bridgehead atoms. The maximum atomic E-state index is 12.3. The number of nitrogens with one attached hydrogen (secondary N) is 1. The van der Waals surface area contributed by atoms with Gasteiger partial charge in [0.15, 0.2) is 23.0 Å². The molecule has 0 aliphatic heterocycles. The Bertz CT molecular complexity index is 1120. The molecule has 0 fully saturated rings. The van der Waals surface area contributed by atoms with E-state index in [1.54, 1.807) is 36.4 Å². The summed E-state index contributed by atoms with van der Waals surface area (Å²) < 4.78 is 26.0. The molecule has 0 spiro atoms. The number of rotatable bonds is 11. The van der Waals surface area contributed by atoms with Crippen LogP contribution in [0.1, 0.15) is 11.1 Å². The predicted octanol–water partition coefficient (Wildman–Crippen LogP) is 3.00. The molecule has 2 aromatic rings. The Morgan fingerprint density at radius 1 is 0.912 bits per heavy atom. The number of methoxy groups -OCH3 is 4. The Balaban J connectivity index is 2.13. The zero-order valence-electron chi connectivity index (χ0n) is 19.4. The average Bonchev–Trinajstić information content (AvgIpc) is 2.86. The van der Waals surface area contributed by atoms with Crippen LogP contribution in [0.2, 0.25) is 0 Å². The van der Waals surface area contributed by atoms with Crippen molar-refractivity contribution in [3.63, 3.8) is 0 Å². The van der Waals surface area contributed by atoms with Crippen LogP contribution in [0, 0.1) is 11.3 Å². The zero-order valence-corrected chi connectivity index (χ0v) is 19.4. The van der Waals surface area contributed by atoms with Crippen molar-refractivity contribution in [1.82, 2.24) is 5.32 Å². The van der Waals surface area contributed by atoms with Crippen molar-refractivity contribution in [3.8, 4) is 29.1 Å². The summed E-state index contributed by atoms with van der Waals surface area (Å²) in [5.74, 6) is 0.421. The smallest absolute Gasteiger partial charge is 0.336 e. The fraction of sp³-hybridized carbons (Fsp3) is 0.240. The second-order valence-corrected chi connectivity index (χ2v) is 6.70. The van der Waals surface area contributed by atoms with Crippen molar-refractivity contribution in [2.24, 2.45) is 0 Å². The Morgan fingerprint density at radius 3 is 2.18 bits per heavy atom. The molecule has 9 heteroatoms. The Morgan fingerprint density at radius 2 is 1.53 bits per heavy atom. The van der Waals surface area contributed by atoms with E-state index < -0.39 is 11.9 Å². The van der Waals surface area contributed by atoms with Gasteiger partial charge in [0, 0.05) is 19.7 Å². The first-order valence-electron chi connectivity index (χ1n) is 10.1. The van der Waals surface area contributed by atoms with Crippen LogP contribution in [0.5, 0.6) is 23.0 Å². The van der Waals surface area contributed by atoms with E-state index >= 15 is 0 Å². The van der Waals surface area contributed by atoms with Crippen LogP contribution < -0.4 is 24.3 Å². The second-order valence-electron chi connectivity index (χ2n) is 6.70. The number of hydrogen-bond acceptors (Lipinski definition) is 8. The third kappa shape index (κ3) is 7.39. The molecule has 1 amide bonds. The topological polar surface area (TPSA) is 116 Å². The van der Waals surface area contributed by atoms with Gasteiger partial charge in [-0.2, -0.15) is 5.26 Å². The highest BCUT2D eigenvalue weighted by Crippen LogP contribution is 2.30. The van der Waals surface area contributed by atoms with Gasteiger partial charge in [-0.15, -0.1) is 0 Å². The lowest BCUT2D eigenvalue weighted by atomic mass is 10.1. The molecule has 9 nitrogen and oxygen atoms in total. The summed E-state index contributed by atoms with van der Waals surface area (Å²) in [7, 11) is 6.00. The highest BCUT2D eigenvalue weighted by Gasteiger charge is 2.12. The molecule has 0 heterocycles. The van der Waals surface area contributed by atoms with E-state index in [1.165, 1.54) is 46.7 Å². The van der Waals surface area contributed by atoms with E-state index in [0.717, 1.165) is 5.56 Å². The largest absolute Gasteiger partial charge is 0.493 e. The van der Waals surface area contributed by atoms with E-state index in [0.29, 0.717) is 23.7 Å². The zero-order chi connectivity index (χ0) is 24.9. The Hall–Kier alpha value is -4.29. The third-order valence-electron chi connectivity index (χ3n) is 4.49. The number of carbonyl (C=O) groups is 2. The predicted molar refractivity (Wildman–Crippen MR) is 126 cm³/mol. The summed E-state index contributed by atoms with van der Waals surface area (Å²) in [6.07, 6.45) is 4.26. The number of carbonyl (C=O) groups excluding carboxylic acids is 2. The second kappa shape index (κ2) is 13.3. The molecule has 0 aliphatic carbocycles. The van der Waals surface area contributed by atoms with Crippen LogP contribution in [0.15, 0.2) is 48.0 Å². The van der Waals surface area contributed by atoms with Gasteiger partial charge in [-0.25, -0.2) is 4.79 Å². The molecule has 0 aliphatic rings. The minimum absolute atomic E-state index is 0.0826. The van der Waals surface area contributed by atoms with Crippen LogP contribution in [0.4, 0.5) is 0 Å². The van der Waals surface area contributed by atoms with E-state index in [4.69, 9.17) is 23.7 Å². The molecular weight excluding hydrogens is 440 g/mol. The van der Waals surface area contributed by atoms with Gasteiger partial charge < -0.3 is 29.0 Å². The van der Waals surface area contributed by atoms with Gasteiger partial charge in [0.05, 0.1) is 27.9 Å². The molecule has 0 unspecified atom stereocenters. The molecule has 0 atom stereocenters. The summed E-state index contributed by atoms with van der Waals surface area (Å²) in [5, 5.41) is 11.9. The maximum absolute atomic E-state index is 12.3. The molecule has 0 aromatic heterocycles. The number of nitrogens with zero attached hydrogens (tertiary/aromatic N) is 1. The summed E-state index contributed by atoms with van der Waals surface area (Å²) >= 11 is 0. The van der Waals surface area contributed by atoms with Crippen LogP contribution in [-0.4, -0.2) is 53.5 Å². The van der Waals surface area contributed by atoms with Gasteiger partial charge in [-0.3, -0.25) is 4.79 Å². The third-order valence-corrected chi connectivity index (χ3v) is 4.49. The van der Waals surface area contributed by atoms with Gasteiger partial charge in [-0.1, -0.05) is 12.1 Å². The Labute approximate surface area is 198 Å². The minimum atomic E-state index is -0.619. The van der Waals surface area contributed by atoms with Crippen molar-refractivity contribution in [1.29, 1.82) is 5.26 Å². The van der Waals surface area contributed by atoms with E-state index in [2.05, 4.69) is 5.32 Å². The van der Waals surface area contributed by atoms with Crippen LogP contribution in [0.3, 0.4) is 0 Å². The first kappa shape index (κ1) is 26.0. The van der Waals surface area contributed by atoms with Gasteiger partial charge in [0.25, 0.3) is 5.91 Å². The standard InChI is InChI=1S/C25H26N2O7/c1-30-12-11-27-25(29)19(16-26)13-18-6-9-21(23(15-18)33-4)34-24(28)10-7-17-5-8-20(31-2)22(14-17)32-3/h5-10,13-15H,11-12H2,1-4H3,(H,27,29)/b10-7+,19-13+. The lowest BCUT2D eigenvalue weighted by Gasteiger charge is -2.09. The number of amides is 1. The number of hydrogen-bond donors (Lipinski definition) is 1. The highest BCUT2D eigenvalue weighted by atomic mass is 16.6. The average molecular weight is 466 g/mol. The summed E-state index contributed by atoms with van der Waals surface area (Å²) in [4.78, 5) is 24.4. The fourth-order valence-corrected chi connectivity index (χ4v) is 2.80. The lowest BCUT2D eigenvalue weighted by molar-refractivity contribution is -0.129. The van der Waals surface area contributed by atoms with Crippen molar-refractivity contribution >= 4 is 24.0 Å². The summed E-state index contributed by atoms with van der Waals surface area (Å²) in [6, 6.07) is 11.8. The number of nitriles is 1.